The van der Waals surface area contributed by atoms with Crippen molar-refractivity contribution in [2.45, 2.75) is 31.3 Å². The summed E-state index contributed by atoms with van der Waals surface area (Å²) in [4.78, 5) is 3.22. The molecule has 0 amide bonds. The van der Waals surface area contributed by atoms with E-state index in [1.807, 2.05) is 20.8 Å². The molecule has 0 N–H and O–H groups in total. The van der Waals surface area contributed by atoms with Gasteiger partial charge in [-0.3, -0.25) is 0 Å². The third-order valence-corrected chi connectivity index (χ3v) is 2.21. The Morgan fingerprint density at radius 1 is 1.33 bits per heavy atom. The fourth-order valence-electron chi connectivity index (χ4n) is 0.885. The topological polar surface area (TPSA) is 56.3 Å². The van der Waals surface area contributed by atoms with Gasteiger partial charge in [0, 0.05) is 6.07 Å². The van der Waals surface area contributed by atoms with Crippen LogP contribution in [0.5, 0.6) is 5.88 Å². The van der Waals surface area contributed by atoms with Crippen molar-refractivity contribution in [1.82, 2.24) is 4.98 Å². The number of aromatic nitrogens is 1. The van der Waals surface area contributed by atoms with E-state index in [2.05, 4.69) is 4.98 Å². The molecule has 1 heterocycles. The minimum Gasteiger partial charge on any atom is -0.472 e. The first-order valence-corrected chi connectivity index (χ1v) is 5.66. The first-order valence-electron chi connectivity index (χ1n) is 4.28. The average Bonchev–Trinajstić information content (AvgIpc) is 2.00. The normalized spacial score (nSPS) is 12.5. The van der Waals surface area contributed by atoms with Gasteiger partial charge in [0.15, 0.2) is 0 Å². The molecule has 6 heteroatoms. The molecule has 0 aromatic carbocycles. The predicted molar refractivity (Wildman–Crippen MR) is 52.9 cm³/mol. The lowest BCUT2D eigenvalue weighted by atomic mass is 10.2. The zero-order valence-corrected chi connectivity index (χ0v) is 9.51. The van der Waals surface area contributed by atoms with E-state index >= 15 is 0 Å². The van der Waals surface area contributed by atoms with Gasteiger partial charge in [0.1, 0.15) is 10.5 Å². The molecule has 0 unspecified atom stereocenters. The molecule has 84 valence electrons. The molecule has 0 saturated heterocycles. The van der Waals surface area contributed by atoms with Gasteiger partial charge >= 0.3 is 10.2 Å². The number of rotatable bonds is 2. The minimum absolute atomic E-state index is 0.259. The van der Waals surface area contributed by atoms with Crippen LogP contribution in [0, 0.1) is 0 Å². The number of nitrogens with zero attached hydrogens (tertiary/aromatic N) is 1. The zero-order chi connectivity index (χ0) is 11.7. The van der Waals surface area contributed by atoms with E-state index in [0.717, 1.165) is 12.3 Å². The monoisotopic (exact) mass is 233 g/mol. The van der Waals surface area contributed by atoms with E-state index in [-0.39, 0.29) is 5.88 Å². The molecule has 1 rings (SSSR count). The summed E-state index contributed by atoms with van der Waals surface area (Å²) in [5.74, 6) is 0.259. The Labute approximate surface area is 88.3 Å². The zero-order valence-electron chi connectivity index (χ0n) is 8.69. The third-order valence-electron chi connectivity index (χ3n) is 1.40. The van der Waals surface area contributed by atoms with E-state index in [9.17, 15) is 12.3 Å². The minimum atomic E-state index is -4.68. The lowest BCUT2D eigenvalue weighted by Gasteiger charge is -2.19. The molecular weight excluding hydrogens is 221 g/mol. The Morgan fingerprint density at radius 2 is 1.93 bits per heavy atom. The smallest absolute Gasteiger partial charge is 0.333 e. The van der Waals surface area contributed by atoms with Gasteiger partial charge in [0.05, 0.1) is 6.20 Å². The molecule has 15 heavy (non-hydrogen) atoms. The maximum absolute atomic E-state index is 12.5. The first-order chi connectivity index (χ1) is 6.68. The lowest BCUT2D eigenvalue weighted by molar-refractivity contribution is 0.124. The van der Waals surface area contributed by atoms with Gasteiger partial charge in [-0.25, -0.2) is 4.98 Å². The fourth-order valence-corrected chi connectivity index (χ4v) is 1.29. The fraction of sp³-hybridized carbons (Fsp3) is 0.444. The van der Waals surface area contributed by atoms with Gasteiger partial charge < -0.3 is 4.74 Å². The van der Waals surface area contributed by atoms with Crippen LogP contribution in [0.15, 0.2) is 23.2 Å². The van der Waals surface area contributed by atoms with Crippen LogP contribution >= 0.6 is 0 Å². The van der Waals surface area contributed by atoms with Crippen LogP contribution in [-0.4, -0.2) is 19.0 Å². The summed E-state index contributed by atoms with van der Waals surface area (Å²) in [6, 6.07) is 2.43. The van der Waals surface area contributed by atoms with E-state index < -0.39 is 20.7 Å². The Bertz CT molecular complexity index is 433. The maximum atomic E-state index is 12.5. The molecule has 0 bridgehead atoms. The highest BCUT2D eigenvalue weighted by atomic mass is 32.3. The molecule has 0 aliphatic rings. The van der Waals surface area contributed by atoms with Gasteiger partial charge in [-0.05, 0) is 26.8 Å². The van der Waals surface area contributed by atoms with Crippen molar-refractivity contribution in [1.29, 1.82) is 0 Å². The van der Waals surface area contributed by atoms with Gasteiger partial charge in [-0.1, -0.05) is 0 Å². The van der Waals surface area contributed by atoms with Crippen LogP contribution in [0.1, 0.15) is 20.8 Å². The average molecular weight is 233 g/mol. The summed E-state index contributed by atoms with van der Waals surface area (Å²) in [5, 5.41) is 0. The van der Waals surface area contributed by atoms with Gasteiger partial charge in [-0.15, -0.1) is 3.89 Å². The van der Waals surface area contributed by atoms with Gasteiger partial charge in [0.2, 0.25) is 5.88 Å². The Kier molecular flexibility index (Phi) is 2.99. The van der Waals surface area contributed by atoms with Crippen molar-refractivity contribution < 1.29 is 17.0 Å². The summed E-state index contributed by atoms with van der Waals surface area (Å²) in [6.45, 7) is 5.48. The first kappa shape index (κ1) is 11.9. The van der Waals surface area contributed by atoms with Crippen molar-refractivity contribution in [2.24, 2.45) is 0 Å². The summed E-state index contributed by atoms with van der Waals surface area (Å²) in [6.07, 6.45) is 0.927. The van der Waals surface area contributed by atoms with Crippen LogP contribution in [0.25, 0.3) is 0 Å². The molecule has 1 aromatic heterocycles. The summed E-state index contributed by atoms with van der Waals surface area (Å²) in [7, 11) is -4.68. The van der Waals surface area contributed by atoms with Crippen LogP contribution in [0.3, 0.4) is 0 Å². The second-order valence-corrected chi connectivity index (χ2v) is 5.33. The van der Waals surface area contributed by atoms with E-state index in [4.69, 9.17) is 4.74 Å². The molecule has 0 aliphatic heterocycles. The van der Waals surface area contributed by atoms with Crippen LogP contribution in [0.2, 0.25) is 0 Å². The molecule has 0 spiro atoms. The summed E-state index contributed by atoms with van der Waals surface area (Å²) < 4.78 is 38.8. The highest BCUT2D eigenvalue weighted by Crippen LogP contribution is 2.18. The van der Waals surface area contributed by atoms with Crippen molar-refractivity contribution in [3.63, 3.8) is 0 Å². The molecule has 4 nitrogen and oxygen atoms in total. The molecule has 0 saturated carbocycles. The number of pyridine rings is 1. The van der Waals surface area contributed by atoms with Crippen LogP contribution in [-0.2, 0) is 10.2 Å². The second kappa shape index (κ2) is 3.77. The van der Waals surface area contributed by atoms with E-state index in [1.165, 1.54) is 6.07 Å². The summed E-state index contributed by atoms with van der Waals surface area (Å²) >= 11 is 0. The van der Waals surface area contributed by atoms with Crippen molar-refractivity contribution in [3.05, 3.63) is 18.3 Å². The van der Waals surface area contributed by atoms with Crippen LogP contribution in [0.4, 0.5) is 3.89 Å². The lowest BCUT2D eigenvalue weighted by Crippen LogP contribution is -2.23. The Balaban J connectivity index is 2.92. The third kappa shape index (κ3) is 3.83. The van der Waals surface area contributed by atoms with E-state index in [1.54, 1.807) is 0 Å². The SMILES string of the molecule is CC(C)(C)Oc1ccc(S(=O)(=O)F)cn1. The summed E-state index contributed by atoms with van der Waals surface area (Å²) in [5.41, 5.74) is -0.427. The number of ether oxygens (including phenoxy) is 1. The van der Waals surface area contributed by atoms with Gasteiger partial charge in [-0.2, -0.15) is 8.42 Å². The highest BCUT2D eigenvalue weighted by Gasteiger charge is 2.15. The standard InChI is InChI=1S/C9H12FNO3S/c1-9(2,3)14-8-5-4-7(6-11-8)15(10,12)13/h4-6H,1-3H3. The van der Waals surface area contributed by atoms with Crippen molar-refractivity contribution >= 4 is 10.2 Å². The van der Waals surface area contributed by atoms with Gasteiger partial charge in [0.25, 0.3) is 0 Å². The number of hydrogen-bond donors (Lipinski definition) is 0. The second-order valence-electron chi connectivity index (χ2n) is 3.98. The molecule has 0 aliphatic carbocycles. The van der Waals surface area contributed by atoms with Crippen molar-refractivity contribution in [2.75, 3.05) is 0 Å². The Hall–Kier alpha value is -1.17. The number of halogens is 1. The number of hydrogen-bond acceptors (Lipinski definition) is 4. The molecule has 1 aromatic rings. The predicted octanol–water partition coefficient (Wildman–Crippen LogP) is 1.92. The molecule has 0 atom stereocenters. The maximum Gasteiger partial charge on any atom is 0.333 e. The highest BCUT2D eigenvalue weighted by molar-refractivity contribution is 7.86. The van der Waals surface area contributed by atoms with Crippen molar-refractivity contribution in [3.8, 4) is 5.88 Å². The molecular formula is C9H12FNO3S. The van der Waals surface area contributed by atoms with Crippen LogP contribution < -0.4 is 4.74 Å². The molecule has 0 radical (unpaired) electrons. The quantitative estimate of drug-likeness (QED) is 0.732. The van der Waals surface area contributed by atoms with E-state index in [0.29, 0.717) is 0 Å². The molecule has 0 fully saturated rings. The Morgan fingerprint density at radius 3 is 2.27 bits per heavy atom. The largest absolute Gasteiger partial charge is 0.472 e.